The summed E-state index contributed by atoms with van der Waals surface area (Å²) in [5, 5.41) is 5.59. The molecule has 4 rings (SSSR count). The van der Waals surface area contributed by atoms with Gasteiger partial charge in [-0.25, -0.2) is 0 Å². The molecule has 0 aliphatic carbocycles. The van der Waals surface area contributed by atoms with Crippen LogP contribution in [-0.2, 0) is 16.5 Å². The van der Waals surface area contributed by atoms with Gasteiger partial charge in [-0.1, -0.05) is 152 Å². The predicted molar refractivity (Wildman–Crippen MR) is 139 cm³/mol. The van der Waals surface area contributed by atoms with Crippen molar-refractivity contribution in [3.8, 4) is 0 Å². The molecule has 0 N–H and O–H groups in total. The molecule has 0 unspecified atom stereocenters. The Morgan fingerprint density at radius 2 is 0.594 bits per heavy atom. The van der Waals surface area contributed by atoms with Gasteiger partial charge >= 0.3 is 16.5 Å². The van der Waals surface area contributed by atoms with E-state index < -0.39 is 0 Å². The van der Waals surface area contributed by atoms with Gasteiger partial charge < -0.3 is 34.5 Å². The van der Waals surface area contributed by atoms with Crippen LogP contribution in [0.15, 0.2) is 121 Å². The van der Waals surface area contributed by atoms with Crippen LogP contribution in [0, 0.1) is 4.91 Å². The van der Waals surface area contributed by atoms with Gasteiger partial charge in [0.2, 0.25) is 0 Å². The van der Waals surface area contributed by atoms with Crippen molar-refractivity contribution in [1.29, 1.82) is 0 Å². The van der Waals surface area contributed by atoms with Crippen molar-refractivity contribution >= 4 is 38.4 Å². The molecular formula is C26H28INNiOP2. The van der Waals surface area contributed by atoms with Crippen molar-refractivity contribution in [1.82, 2.24) is 0 Å². The Hall–Kier alpha value is -1.44. The van der Waals surface area contributed by atoms with Crippen molar-refractivity contribution in [2.24, 2.45) is 0 Å². The largest absolute Gasteiger partial charge is 2.00 e. The fraction of sp³-hybridized carbons (Fsp3) is 0.0769. The summed E-state index contributed by atoms with van der Waals surface area (Å²) in [4.78, 5) is 7.25. The van der Waals surface area contributed by atoms with Gasteiger partial charge in [0.25, 0.3) is 0 Å². The van der Waals surface area contributed by atoms with Gasteiger partial charge in [0.1, 0.15) is 0 Å². The third kappa shape index (κ3) is 14.6. The summed E-state index contributed by atoms with van der Waals surface area (Å²) >= 11 is 0. The molecule has 32 heavy (non-hydrogen) atoms. The average Bonchev–Trinajstić information content (AvgIpc) is 2.85. The first-order valence-corrected chi connectivity index (χ1v) is 11.8. The molecule has 6 heteroatoms. The summed E-state index contributed by atoms with van der Waals surface area (Å²) in [5.74, 6) is 0. The van der Waals surface area contributed by atoms with Gasteiger partial charge in [0, 0.05) is 0 Å². The molecular weight excluding hydrogens is 590 g/mol. The van der Waals surface area contributed by atoms with E-state index in [0.29, 0.717) is 0 Å². The summed E-state index contributed by atoms with van der Waals surface area (Å²) in [7, 11) is 1.55. The second kappa shape index (κ2) is 22.7. The zero-order valence-corrected chi connectivity index (χ0v) is 23.2. The van der Waals surface area contributed by atoms with Crippen LogP contribution in [0.5, 0.6) is 0 Å². The zero-order valence-electron chi connectivity index (χ0n) is 18.1. The maximum Gasteiger partial charge on any atom is 2.00 e. The first kappa shape index (κ1) is 32.7. The fourth-order valence-electron chi connectivity index (χ4n) is 2.42. The fourth-order valence-corrected chi connectivity index (χ4v) is 4.52. The number of benzene rings is 4. The summed E-state index contributed by atoms with van der Waals surface area (Å²) in [6, 6.07) is 42.3. The molecule has 2 nitrogen and oxygen atoms in total. The van der Waals surface area contributed by atoms with Gasteiger partial charge in [0.15, 0.2) is 0 Å². The number of rotatable bonds is 4. The van der Waals surface area contributed by atoms with E-state index in [4.69, 9.17) is 10.5 Å². The third-order valence-corrected chi connectivity index (χ3v) is 6.16. The molecule has 0 amide bonds. The normalized spacial score (nSPS) is 8.31. The summed E-state index contributed by atoms with van der Waals surface area (Å²) < 4.78 is 0. The molecule has 0 heterocycles. The van der Waals surface area contributed by atoms with Crippen molar-refractivity contribution in [3.63, 3.8) is 0 Å². The van der Waals surface area contributed by atoms with Gasteiger partial charge in [-0.2, -0.15) is 0 Å². The maximum atomic E-state index is 7.25. The maximum absolute atomic E-state index is 7.25. The van der Waals surface area contributed by atoms with E-state index in [9.17, 15) is 0 Å². The van der Waals surface area contributed by atoms with E-state index in [-0.39, 0.29) is 40.5 Å². The zero-order chi connectivity index (χ0) is 21.9. The van der Waals surface area contributed by atoms with Crippen molar-refractivity contribution in [3.05, 3.63) is 132 Å². The number of nitrogens with zero attached hydrogens (tertiary/aromatic N) is 1. The van der Waals surface area contributed by atoms with Gasteiger partial charge in [0.05, 0.1) is 0 Å². The van der Waals surface area contributed by atoms with Crippen LogP contribution < -0.4 is 45.2 Å². The van der Waals surface area contributed by atoms with E-state index in [1.54, 1.807) is 0 Å². The smallest absolute Gasteiger partial charge is 1.00 e. The molecule has 4 aromatic rings. The van der Waals surface area contributed by atoms with Crippen molar-refractivity contribution in [2.45, 2.75) is 13.8 Å². The Labute approximate surface area is 223 Å². The number of hydrogen-bond donors (Lipinski definition) is 0. The Morgan fingerprint density at radius 3 is 0.750 bits per heavy atom. The van der Waals surface area contributed by atoms with Crippen LogP contribution >= 0.6 is 17.2 Å². The van der Waals surface area contributed by atoms with Crippen LogP contribution in [0.3, 0.4) is 0 Å². The quantitative estimate of drug-likeness (QED) is 0.197. The van der Waals surface area contributed by atoms with Crippen molar-refractivity contribution < 1.29 is 40.5 Å². The van der Waals surface area contributed by atoms with Gasteiger partial charge in [-0.15, -0.1) is 0 Å². The van der Waals surface area contributed by atoms with E-state index >= 15 is 0 Å². The molecule has 0 aliphatic rings. The SMILES string of the molecule is CC.[I-].[N-]=O.[Ni+2].c1ccc(Pc2ccccc2)cc1.c1ccc(Pc2ccccc2)cc1. The number of nitroso groups, excluding NO2 is 1. The second-order valence-electron chi connectivity index (χ2n) is 5.71. The first-order chi connectivity index (χ1) is 14.9. The van der Waals surface area contributed by atoms with Crippen LogP contribution in [-0.4, -0.2) is 0 Å². The standard InChI is InChI=1S/2C12H11P.C2H6.HI.NO.Ni/c2*1-3-7-11(8-4-1)13-12-9-5-2-6-10-12;1-2;;1-2;/h2*1-10,13H;1-2H3;1H;;/q;;;;-1;+2/p-1. The Bertz CT molecular complexity index is 750. The Balaban J connectivity index is 0. The predicted octanol–water partition coefficient (Wildman–Crippen LogP) is 2.98. The van der Waals surface area contributed by atoms with Crippen LogP contribution in [0.1, 0.15) is 13.8 Å². The minimum Gasteiger partial charge on any atom is -1.00 e. The summed E-state index contributed by atoms with van der Waals surface area (Å²) in [5.41, 5.74) is 5.75. The second-order valence-corrected chi connectivity index (χ2v) is 8.52. The molecule has 0 aliphatic heterocycles. The number of hydrogen-bond acceptors (Lipinski definition) is 1. The van der Waals surface area contributed by atoms with E-state index in [2.05, 4.69) is 121 Å². The molecule has 0 bridgehead atoms. The molecule has 0 atom stereocenters. The molecule has 4 aromatic carbocycles. The van der Waals surface area contributed by atoms with E-state index in [1.807, 2.05) is 13.8 Å². The van der Waals surface area contributed by atoms with Crippen LogP contribution in [0.4, 0.5) is 0 Å². The first-order valence-electron chi connectivity index (χ1n) is 9.83. The minimum atomic E-state index is 0. The summed E-state index contributed by atoms with van der Waals surface area (Å²) in [6.07, 6.45) is 0. The topological polar surface area (TPSA) is 39.4 Å². The molecule has 0 radical (unpaired) electrons. The van der Waals surface area contributed by atoms with Gasteiger partial charge in [-0.05, 0) is 21.2 Å². The molecule has 0 aromatic heterocycles. The molecule has 0 saturated heterocycles. The average molecular weight is 618 g/mol. The third-order valence-electron chi connectivity index (χ3n) is 3.67. The Morgan fingerprint density at radius 1 is 0.438 bits per heavy atom. The summed E-state index contributed by atoms with van der Waals surface area (Å²) in [6.45, 7) is 4.00. The van der Waals surface area contributed by atoms with E-state index in [1.165, 1.54) is 21.2 Å². The van der Waals surface area contributed by atoms with Crippen molar-refractivity contribution in [2.75, 3.05) is 0 Å². The molecule has 0 saturated carbocycles. The number of halogens is 1. The van der Waals surface area contributed by atoms with Gasteiger partial charge in [-0.3, -0.25) is 0 Å². The molecule has 0 spiro atoms. The Kier molecular flexibility index (Phi) is 23.3. The van der Waals surface area contributed by atoms with E-state index in [0.717, 1.165) is 17.2 Å². The minimum absolute atomic E-state index is 0. The molecule has 170 valence electrons. The monoisotopic (exact) mass is 617 g/mol. The molecule has 0 fully saturated rings. The van der Waals surface area contributed by atoms with Crippen LogP contribution in [0.25, 0.3) is 5.59 Å². The van der Waals surface area contributed by atoms with Crippen LogP contribution in [0.2, 0.25) is 0 Å².